The van der Waals surface area contributed by atoms with E-state index in [1.807, 2.05) is 42.5 Å². The molecule has 0 saturated heterocycles. The van der Waals surface area contributed by atoms with Crippen molar-refractivity contribution in [2.45, 2.75) is 13.2 Å². The number of aromatic nitrogens is 1. The van der Waals surface area contributed by atoms with Gasteiger partial charge in [-0.25, -0.2) is 0 Å². The molecule has 0 amide bonds. The van der Waals surface area contributed by atoms with E-state index < -0.39 is 0 Å². The second-order valence-corrected chi connectivity index (χ2v) is 3.46. The molecule has 2 rings (SSSR count). The van der Waals surface area contributed by atoms with Gasteiger partial charge >= 0.3 is 0 Å². The van der Waals surface area contributed by atoms with Crippen LogP contribution < -0.4 is 10.5 Å². The zero-order valence-corrected chi connectivity index (χ0v) is 8.97. The Morgan fingerprint density at radius 3 is 2.69 bits per heavy atom. The van der Waals surface area contributed by atoms with Crippen molar-refractivity contribution < 1.29 is 4.74 Å². The van der Waals surface area contributed by atoms with Crippen LogP contribution in [0.25, 0.3) is 0 Å². The van der Waals surface area contributed by atoms with E-state index in [0.29, 0.717) is 13.2 Å². The van der Waals surface area contributed by atoms with E-state index >= 15 is 0 Å². The highest BCUT2D eigenvalue weighted by Gasteiger charge is 1.97. The molecular weight excluding hydrogens is 200 g/mol. The summed E-state index contributed by atoms with van der Waals surface area (Å²) in [6, 6.07) is 13.7. The van der Waals surface area contributed by atoms with Gasteiger partial charge < -0.3 is 10.5 Å². The van der Waals surface area contributed by atoms with Gasteiger partial charge in [-0.15, -0.1) is 0 Å². The molecular formula is C13H14N2O. The second-order valence-electron chi connectivity index (χ2n) is 3.46. The summed E-state index contributed by atoms with van der Waals surface area (Å²) in [4.78, 5) is 4.11. The van der Waals surface area contributed by atoms with Crippen LogP contribution in [-0.4, -0.2) is 4.98 Å². The monoisotopic (exact) mass is 214 g/mol. The quantitative estimate of drug-likeness (QED) is 0.848. The second kappa shape index (κ2) is 5.28. The summed E-state index contributed by atoms with van der Waals surface area (Å²) in [6.07, 6.45) is 1.71. The van der Waals surface area contributed by atoms with E-state index in [1.165, 1.54) is 0 Å². The molecule has 2 aromatic rings. The Balaban J connectivity index is 1.99. The molecule has 0 aliphatic carbocycles. The molecule has 0 unspecified atom stereocenters. The highest BCUT2D eigenvalue weighted by atomic mass is 16.5. The van der Waals surface area contributed by atoms with Crippen molar-refractivity contribution in [3.05, 3.63) is 59.9 Å². The molecule has 0 fully saturated rings. The fourth-order valence-corrected chi connectivity index (χ4v) is 1.40. The lowest BCUT2D eigenvalue weighted by atomic mass is 10.2. The lowest BCUT2D eigenvalue weighted by Gasteiger charge is -2.06. The molecule has 1 aromatic carbocycles. The molecule has 0 radical (unpaired) electrons. The third-order valence-electron chi connectivity index (χ3n) is 2.25. The fraction of sp³-hybridized carbons (Fsp3) is 0.154. The summed E-state index contributed by atoms with van der Waals surface area (Å²) in [6.45, 7) is 0.997. The third-order valence-corrected chi connectivity index (χ3v) is 2.25. The van der Waals surface area contributed by atoms with Gasteiger partial charge in [0.1, 0.15) is 12.4 Å². The van der Waals surface area contributed by atoms with Gasteiger partial charge in [0.15, 0.2) is 0 Å². The van der Waals surface area contributed by atoms with Crippen molar-refractivity contribution in [1.29, 1.82) is 0 Å². The Bertz CT molecular complexity index is 443. The van der Waals surface area contributed by atoms with E-state index in [0.717, 1.165) is 17.0 Å². The van der Waals surface area contributed by atoms with Gasteiger partial charge in [0.2, 0.25) is 0 Å². The summed E-state index contributed by atoms with van der Waals surface area (Å²) in [7, 11) is 0. The molecule has 0 atom stereocenters. The van der Waals surface area contributed by atoms with Crippen molar-refractivity contribution in [2.75, 3.05) is 0 Å². The molecule has 0 bridgehead atoms. The molecule has 3 heteroatoms. The maximum Gasteiger partial charge on any atom is 0.123 e. The van der Waals surface area contributed by atoms with Gasteiger partial charge in [-0.3, -0.25) is 4.98 Å². The summed E-state index contributed by atoms with van der Waals surface area (Å²) in [5, 5.41) is 0. The Morgan fingerprint density at radius 2 is 1.94 bits per heavy atom. The van der Waals surface area contributed by atoms with Crippen LogP contribution in [0.5, 0.6) is 5.75 Å². The Kier molecular flexibility index (Phi) is 3.51. The van der Waals surface area contributed by atoms with Crippen molar-refractivity contribution in [1.82, 2.24) is 4.98 Å². The number of hydrogen-bond acceptors (Lipinski definition) is 3. The van der Waals surface area contributed by atoms with Crippen LogP contribution in [0.1, 0.15) is 11.3 Å². The molecule has 0 saturated carbocycles. The number of nitrogens with zero attached hydrogens (tertiary/aromatic N) is 1. The number of rotatable bonds is 4. The van der Waals surface area contributed by atoms with Crippen LogP contribution in [0.4, 0.5) is 0 Å². The maximum absolute atomic E-state index is 5.64. The molecule has 0 aliphatic rings. The largest absolute Gasteiger partial charge is 0.489 e. The standard InChI is InChI=1S/C13H14N2O/c14-9-12-8-13(6-7-15-12)16-10-11-4-2-1-3-5-11/h1-8H,9-10,14H2. The first-order valence-corrected chi connectivity index (χ1v) is 5.20. The molecule has 0 spiro atoms. The van der Waals surface area contributed by atoms with Gasteiger partial charge in [-0.05, 0) is 11.6 Å². The highest BCUT2D eigenvalue weighted by Crippen LogP contribution is 2.12. The molecule has 16 heavy (non-hydrogen) atoms. The SMILES string of the molecule is NCc1cc(OCc2ccccc2)ccn1. The number of nitrogens with two attached hydrogens (primary N) is 1. The molecule has 1 heterocycles. The minimum absolute atomic E-state index is 0.433. The molecule has 82 valence electrons. The predicted octanol–water partition coefficient (Wildman–Crippen LogP) is 2.12. The van der Waals surface area contributed by atoms with Crippen molar-refractivity contribution in [3.8, 4) is 5.75 Å². The van der Waals surface area contributed by atoms with Gasteiger partial charge in [-0.1, -0.05) is 30.3 Å². The normalized spacial score (nSPS) is 10.1. The van der Waals surface area contributed by atoms with Crippen molar-refractivity contribution >= 4 is 0 Å². The Morgan fingerprint density at radius 1 is 1.12 bits per heavy atom. The summed E-state index contributed by atoms with van der Waals surface area (Å²) < 4.78 is 5.64. The van der Waals surface area contributed by atoms with Crippen LogP contribution in [0.15, 0.2) is 48.7 Å². The van der Waals surface area contributed by atoms with Gasteiger partial charge in [-0.2, -0.15) is 0 Å². The number of benzene rings is 1. The van der Waals surface area contributed by atoms with Gasteiger partial charge in [0, 0.05) is 18.8 Å². The fourth-order valence-electron chi connectivity index (χ4n) is 1.40. The maximum atomic E-state index is 5.64. The molecule has 3 nitrogen and oxygen atoms in total. The van der Waals surface area contributed by atoms with Crippen LogP contribution in [0.2, 0.25) is 0 Å². The first-order valence-electron chi connectivity index (χ1n) is 5.20. The smallest absolute Gasteiger partial charge is 0.123 e. The van der Waals surface area contributed by atoms with E-state index in [9.17, 15) is 0 Å². The van der Waals surface area contributed by atoms with Crippen molar-refractivity contribution in [3.63, 3.8) is 0 Å². The lowest BCUT2D eigenvalue weighted by Crippen LogP contribution is -2.01. The summed E-state index contributed by atoms with van der Waals surface area (Å²) >= 11 is 0. The predicted molar refractivity (Wildman–Crippen MR) is 62.9 cm³/mol. The van der Waals surface area contributed by atoms with Crippen LogP contribution >= 0.6 is 0 Å². The topological polar surface area (TPSA) is 48.1 Å². The third kappa shape index (κ3) is 2.81. The lowest BCUT2D eigenvalue weighted by molar-refractivity contribution is 0.305. The zero-order chi connectivity index (χ0) is 11.2. The van der Waals surface area contributed by atoms with Crippen LogP contribution in [-0.2, 0) is 13.2 Å². The molecule has 0 aliphatic heterocycles. The first kappa shape index (κ1) is 10.6. The van der Waals surface area contributed by atoms with Gasteiger partial charge in [0.25, 0.3) is 0 Å². The van der Waals surface area contributed by atoms with E-state index in [2.05, 4.69) is 4.98 Å². The summed E-state index contributed by atoms with van der Waals surface area (Å²) in [5.74, 6) is 0.805. The van der Waals surface area contributed by atoms with E-state index in [-0.39, 0.29) is 0 Å². The molecule has 1 aromatic heterocycles. The number of pyridine rings is 1. The zero-order valence-electron chi connectivity index (χ0n) is 8.97. The highest BCUT2D eigenvalue weighted by molar-refractivity contribution is 5.23. The molecule has 2 N–H and O–H groups in total. The first-order chi connectivity index (χ1) is 7.88. The van der Waals surface area contributed by atoms with Crippen LogP contribution in [0.3, 0.4) is 0 Å². The average molecular weight is 214 g/mol. The van der Waals surface area contributed by atoms with Crippen LogP contribution in [0, 0.1) is 0 Å². The van der Waals surface area contributed by atoms with E-state index in [1.54, 1.807) is 6.20 Å². The van der Waals surface area contributed by atoms with Gasteiger partial charge in [0.05, 0.1) is 5.69 Å². The van der Waals surface area contributed by atoms with Crippen molar-refractivity contribution in [2.24, 2.45) is 5.73 Å². The number of hydrogen-bond donors (Lipinski definition) is 1. The Hall–Kier alpha value is -1.87. The minimum atomic E-state index is 0.433. The van der Waals surface area contributed by atoms with E-state index in [4.69, 9.17) is 10.5 Å². The Labute approximate surface area is 94.9 Å². The summed E-state index contributed by atoms with van der Waals surface area (Å²) in [5.41, 5.74) is 7.49. The number of ether oxygens (including phenoxy) is 1. The minimum Gasteiger partial charge on any atom is -0.489 e. The average Bonchev–Trinajstić information content (AvgIpc) is 2.38.